The third-order valence-electron chi connectivity index (χ3n) is 5.04. The molecule has 0 aliphatic carbocycles. The quantitative estimate of drug-likeness (QED) is 0.286. The summed E-state index contributed by atoms with van der Waals surface area (Å²) in [6.07, 6.45) is 4.68. The Balaban J connectivity index is 1.74. The molecule has 0 saturated carbocycles. The van der Waals surface area contributed by atoms with E-state index in [2.05, 4.69) is 10.3 Å². The predicted octanol–water partition coefficient (Wildman–Crippen LogP) is 5.94. The number of fused-ring (bicyclic) bond motifs is 1. The number of pyridine rings is 1. The van der Waals surface area contributed by atoms with Gasteiger partial charge in [-0.2, -0.15) is 0 Å². The maximum absolute atomic E-state index is 12.8. The second-order valence-corrected chi connectivity index (χ2v) is 7.82. The van der Waals surface area contributed by atoms with Gasteiger partial charge in [-0.15, -0.1) is 0 Å². The van der Waals surface area contributed by atoms with E-state index in [0.29, 0.717) is 27.2 Å². The fourth-order valence-corrected chi connectivity index (χ4v) is 3.42. The number of halogens is 1. The van der Waals surface area contributed by atoms with Gasteiger partial charge in [-0.05, 0) is 61.0 Å². The lowest BCUT2D eigenvalue weighted by Gasteiger charge is -2.14. The van der Waals surface area contributed by atoms with Gasteiger partial charge in [0.25, 0.3) is 5.91 Å². The smallest absolute Gasteiger partial charge is 0.252 e. The summed E-state index contributed by atoms with van der Waals surface area (Å²) in [4.78, 5) is 29.2. The van der Waals surface area contributed by atoms with Crippen LogP contribution >= 0.6 is 11.6 Å². The highest BCUT2D eigenvalue weighted by atomic mass is 35.5. The topological polar surface area (TPSA) is 85.1 Å². The minimum Gasteiger partial charge on any atom is -0.365 e. The van der Waals surface area contributed by atoms with Gasteiger partial charge in [-0.3, -0.25) is 14.6 Å². The standard InChI is InChI=1S/C26H20ClN3O2/c1-16-2-10-20(11-3-16)30-25-21-14-18(7-12-23(21)29-15-22(25)26(28)32)24(31)13-6-17-4-8-19(27)9-5-17/h2-15H,1H3,(H2,28,32)(H,29,30)/b13-6+. The number of nitrogens with two attached hydrogens (primary N) is 1. The number of rotatable bonds is 6. The number of hydrogen-bond acceptors (Lipinski definition) is 4. The van der Waals surface area contributed by atoms with Crippen molar-refractivity contribution in [2.24, 2.45) is 5.73 Å². The first-order valence-electron chi connectivity index (χ1n) is 9.95. The number of nitrogens with zero attached hydrogens (tertiary/aromatic N) is 1. The number of ketones is 1. The summed E-state index contributed by atoms with van der Waals surface area (Å²) in [6, 6.07) is 20.1. The number of primary amides is 1. The number of anilines is 2. The number of benzene rings is 3. The highest BCUT2D eigenvalue weighted by molar-refractivity contribution is 6.30. The molecule has 0 fully saturated rings. The molecule has 0 aliphatic rings. The summed E-state index contributed by atoms with van der Waals surface area (Å²) in [5.41, 5.74) is 10.3. The molecular weight excluding hydrogens is 422 g/mol. The van der Waals surface area contributed by atoms with Crippen LogP contribution < -0.4 is 11.1 Å². The van der Waals surface area contributed by atoms with E-state index in [1.54, 1.807) is 36.4 Å². The van der Waals surface area contributed by atoms with Crippen molar-refractivity contribution in [3.8, 4) is 0 Å². The van der Waals surface area contributed by atoms with Crippen molar-refractivity contribution >= 4 is 51.6 Å². The molecule has 0 bridgehead atoms. The summed E-state index contributed by atoms with van der Waals surface area (Å²) >= 11 is 5.91. The van der Waals surface area contributed by atoms with Crippen LogP contribution in [0.15, 0.2) is 79.0 Å². The number of aryl methyl sites for hydroxylation is 1. The second-order valence-electron chi connectivity index (χ2n) is 7.38. The van der Waals surface area contributed by atoms with E-state index in [-0.39, 0.29) is 11.3 Å². The SMILES string of the molecule is Cc1ccc(Nc2c(C(N)=O)cnc3ccc(C(=O)/C=C/c4ccc(Cl)cc4)cc23)cc1. The number of hydrogen-bond donors (Lipinski definition) is 2. The highest BCUT2D eigenvalue weighted by Gasteiger charge is 2.15. The van der Waals surface area contributed by atoms with E-state index < -0.39 is 5.91 Å². The second kappa shape index (κ2) is 9.04. The third kappa shape index (κ3) is 4.68. The average Bonchev–Trinajstić information content (AvgIpc) is 2.79. The molecule has 0 atom stereocenters. The molecule has 4 rings (SSSR count). The van der Waals surface area contributed by atoms with E-state index in [4.69, 9.17) is 17.3 Å². The number of aromatic nitrogens is 1. The Labute approximate surface area is 190 Å². The van der Waals surface area contributed by atoms with E-state index in [0.717, 1.165) is 16.8 Å². The molecule has 1 amide bonds. The van der Waals surface area contributed by atoms with Gasteiger partial charge in [0.05, 0.1) is 16.8 Å². The molecule has 1 aromatic heterocycles. The Morgan fingerprint density at radius 3 is 2.41 bits per heavy atom. The van der Waals surface area contributed by atoms with Crippen molar-refractivity contribution in [3.63, 3.8) is 0 Å². The van der Waals surface area contributed by atoms with Gasteiger partial charge >= 0.3 is 0 Å². The van der Waals surface area contributed by atoms with Crippen LogP contribution in [0.3, 0.4) is 0 Å². The Hall–Kier alpha value is -3.96. The number of carbonyl (C=O) groups excluding carboxylic acids is 2. The van der Waals surface area contributed by atoms with E-state index >= 15 is 0 Å². The number of carbonyl (C=O) groups is 2. The van der Waals surface area contributed by atoms with Crippen LogP contribution in [0, 0.1) is 6.92 Å². The first kappa shape index (κ1) is 21.3. The maximum Gasteiger partial charge on any atom is 0.252 e. The first-order chi connectivity index (χ1) is 15.4. The zero-order valence-corrected chi connectivity index (χ0v) is 18.1. The van der Waals surface area contributed by atoms with Gasteiger partial charge in [-0.1, -0.05) is 47.5 Å². The van der Waals surface area contributed by atoms with Crippen LogP contribution in [-0.2, 0) is 0 Å². The molecule has 4 aromatic rings. The summed E-state index contributed by atoms with van der Waals surface area (Å²) in [6.45, 7) is 2.00. The van der Waals surface area contributed by atoms with Crippen molar-refractivity contribution in [2.75, 3.05) is 5.32 Å². The Morgan fingerprint density at radius 1 is 1.00 bits per heavy atom. The summed E-state index contributed by atoms with van der Waals surface area (Å²) in [5.74, 6) is -0.777. The summed E-state index contributed by atoms with van der Waals surface area (Å²) in [7, 11) is 0. The van der Waals surface area contributed by atoms with Crippen molar-refractivity contribution < 1.29 is 9.59 Å². The predicted molar refractivity (Wildman–Crippen MR) is 130 cm³/mol. The monoisotopic (exact) mass is 441 g/mol. The average molecular weight is 442 g/mol. The molecule has 158 valence electrons. The zero-order valence-electron chi connectivity index (χ0n) is 17.3. The molecule has 0 saturated heterocycles. The molecule has 0 spiro atoms. The van der Waals surface area contributed by atoms with Crippen LogP contribution in [0.5, 0.6) is 0 Å². The fourth-order valence-electron chi connectivity index (χ4n) is 3.29. The molecule has 32 heavy (non-hydrogen) atoms. The van der Waals surface area contributed by atoms with Crippen molar-refractivity contribution in [1.82, 2.24) is 4.98 Å². The fraction of sp³-hybridized carbons (Fsp3) is 0.0385. The van der Waals surface area contributed by atoms with Crippen molar-refractivity contribution in [3.05, 3.63) is 106 Å². The van der Waals surface area contributed by atoms with Crippen LogP contribution in [0.2, 0.25) is 5.02 Å². The molecule has 5 nitrogen and oxygen atoms in total. The van der Waals surface area contributed by atoms with E-state index in [1.807, 2.05) is 43.3 Å². The number of amides is 1. The van der Waals surface area contributed by atoms with Crippen LogP contribution in [0.1, 0.15) is 31.8 Å². The Kier molecular flexibility index (Phi) is 6.01. The molecule has 6 heteroatoms. The van der Waals surface area contributed by atoms with Crippen LogP contribution in [-0.4, -0.2) is 16.7 Å². The molecular formula is C26H20ClN3O2. The first-order valence-corrected chi connectivity index (χ1v) is 10.3. The van der Waals surface area contributed by atoms with Gasteiger partial charge in [0.1, 0.15) is 0 Å². The highest BCUT2D eigenvalue weighted by Crippen LogP contribution is 2.30. The number of nitrogens with one attached hydrogen (secondary N) is 1. The van der Waals surface area contributed by atoms with Gasteiger partial charge in [0.2, 0.25) is 0 Å². The lowest BCUT2D eigenvalue weighted by atomic mass is 10.0. The maximum atomic E-state index is 12.8. The molecule has 1 heterocycles. The van der Waals surface area contributed by atoms with Gasteiger partial charge in [-0.25, -0.2) is 0 Å². The zero-order chi connectivity index (χ0) is 22.7. The minimum atomic E-state index is -0.603. The largest absolute Gasteiger partial charge is 0.365 e. The van der Waals surface area contributed by atoms with Crippen LogP contribution in [0.25, 0.3) is 17.0 Å². The van der Waals surface area contributed by atoms with Gasteiger partial charge in [0, 0.05) is 27.9 Å². The molecule has 3 N–H and O–H groups in total. The lowest BCUT2D eigenvalue weighted by molar-refractivity contribution is 0.0999. The summed E-state index contributed by atoms with van der Waals surface area (Å²) < 4.78 is 0. The van der Waals surface area contributed by atoms with E-state index in [1.165, 1.54) is 12.3 Å². The molecule has 0 unspecified atom stereocenters. The Bertz CT molecular complexity index is 1340. The van der Waals surface area contributed by atoms with E-state index in [9.17, 15) is 9.59 Å². The normalized spacial score (nSPS) is 11.1. The number of allylic oxidation sites excluding steroid dienone is 1. The van der Waals surface area contributed by atoms with Gasteiger partial charge in [0.15, 0.2) is 5.78 Å². The summed E-state index contributed by atoms with van der Waals surface area (Å²) in [5, 5.41) is 4.54. The van der Waals surface area contributed by atoms with Gasteiger partial charge < -0.3 is 11.1 Å². The molecule has 0 aliphatic heterocycles. The van der Waals surface area contributed by atoms with Crippen molar-refractivity contribution in [2.45, 2.75) is 6.92 Å². The van der Waals surface area contributed by atoms with Crippen LogP contribution in [0.4, 0.5) is 11.4 Å². The van der Waals surface area contributed by atoms with Crippen molar-refractivity contribution in [1.29, 1.82) is 0 Å². The Morgan fingerprint density at radius 2 is 1.72 bits per heavy atom. The molecule has 0 radical (unpaired) electrons. The third-order valence-corrected chi connectivity index (χ3v) is 5.29. The molecule has 3 aromatic carbocycles. The minimum absolute atomic E-state index is 0.174. The lowest BCUT2D eigenvalue weighted by Crippen LogP contribution is -2.14.